The predicted molar refractivity (Wildman–Crippen MR) is 65.3 cm³/mol. The van der Waals surface area contributed by atoms with Crippen molar-refractivity contribution in [3.63, 3.8) is 0 Å². The molecule has 0 amide bonds. The van der Waals surface area contributed by atoms with Crippen molar-refractivity contribution in [1.29, 1.82) is 0 Å². The standard InChI is InChI=1S/C11H14BrNO3/c1-7-9(5-8(12)6-10(7)13)11(15)16-4-2-3-14/h5-6,14H,2-4,13H2,1H3. The number of esters is 1. The predicted octanol–water partition coefficient (Wildman–Crippen LogP) is 1.88. The number of carbonyl (C=O) groups is 1. The molecular weight excluding hydrogens is 274 g/mol. The summed E-state index contributed by atoms with van der Waals surface area (Å²) in [6.45, 7) is 1.98. The molecule has 0 atom stereocenters. The monoisotopic (exact) mass is 287 g/mol. The average molecular weight is 288 g/mol. The van der Waals surface area contributed by atoms with Gasteiger partial charge in [-0.05, 0) is 24.6 Å². The molecule has 0 aliphatic rings. The molecule has 16 heavy (non-hydrogen) atoms. The van der Waals surface area contributed by atoms with E-state index in [1.165, 1.54) is 0 Å². The Morgan fingerprint density at radius 1 is 1.56 bits per heavy atom. The maximum absolute atomic E-state index is 11.7. The van der Waals surface area contributed by atoms with Gasteiger partial charge in [0, 0.05) is 23.2 Å². The fourth-order valence-electron chi connectivity index (χ4n) is 1.22. The lowest BCUT2D eigenvalue weighted by Crippen LogP contribution is -2.10. The number of hydrogen-bond donors (Lipinski definition) is 2. The van der Waals surface area contributed by atoms with E-state index < -0.39 is 5.97 Å². The molecule has 0 spiro atoms. The molecule has 4 nitrogen and oxygen atoms in total. The zero-order chi connectivity index (χ0) is 12.1. The third-order valence-corrected chi connectivity index (χ3v) is 2.63. The average Bonchev–Trinajstić information content (AvgIpc) is 2.23. The van der Waals surface area contributed by atoms with Gasteiger partial charge in [0.25, 0.3) is 0 Å². The van der Waals surface area contributed by atoms with Crippen LogP contribution in [0.4, 0.5) is 5.69 Å². The second-order valence-corrected chi connectivity index (χ2v) is 4.30. The molecule has 1 aromatic rings. The summed E-state index contributed by atoms with van der Waals surface area (Å²) in [5.74, 6) is -0.418. The van der Waals surface area contributed by atoms with Gasteiger partial charge in [-0.3, -0.25) is 0 Å². The number of halogens is 1. The van der Waals surface area contributed by atoms with Gasteiger partial charge in [-0.15, -0.1) is 0 Å². The van der Waals surface area contributed by atoms with Crippen LogP contribution in [0.15, 0.2) is 16.6 Å². The van der Waals surface area contributed by atoms with Gasteiger partial charge in [0.1, 0.15) is 0 Å². The Balaban J connectivity index is 2.82. The molecule has 0 fully saturated rings. The molecule has 0 heterocycles. The van der Waals surface area contributed by atoms with E-state index in [0.29, 0.717) is 23.2 Å². The molecule has 0 aliphatic heterocycles. The molecule has 0 radical (unpaired) electrons. The minimum absolute atomic E-state index is 0.00683. The van der Waals surface area contributed by atoms with Crippen LogP contribution in [-0.4, -0.2) is 24.3 Å². The summed E-state index contributed by atoms with van der Waals surface area (Å²) in [5.41, 5.74) is 7.44. The number of anilines is 1. The van der Waals surface area contributed by atoms with Gasteiger partial charge in [0.2, 0.25) is 0 Å². The molecule has 1 rings (SSSR count). The van der Waals surface area contributed by atoms with Gasteiger partial charge in [0.05, 0.1) is 12.2 Å². The van der Waals surface area contributed by atoms with Gasteiger partial charge in [-0.25, -0.2) is 4.79 Å². The van der Waals surface area contributed by atoms with Crippen LogP contribution in [0, 0.1) is 6.92 Å². The first-order chi connectivity index (χ1) is 7.56. The lowest BCUT2D eigenvalue weighted by atomic mass is 10.1. The van der Waals surface area contributed by atoms with Crippen LogP contribution < -0.4 is 5.73 Å². The highest BCUT2D eigenvalue weighted by Crippen LogP contribution is 2.23. The molecule has 88 valence electrons. The van der Waals surface area contributed by atoms with Gasteiger partial charge >= 0.3 is 5.97 Å². The van der Waals surface area contributed by atoms with E-state index in [4.69, 9.17) is 15.6 Å². The Morgan fingerprint density at radius 2 is 2.25 bits per heavy atom. The molecule has 0 saturated carbocycles. The summed E-state index contributed by atoms with van der Waals surface area (Å²) < 4.78 is 5.72. The number of aliphatic hydroxyl groups is 1. The number of ether oxygens (including phenoxy) is 1. The van der Waals surface area contributed by atoms with Crippen LogP contribution in [0.1, 0.15) is 22.3 Å². The van der Waals surface area contributed by atoms with E-state index in [1.807, 2.05) is 0 Å². The largest absolute Gasteiger partial charge is 0.462 e. The third kappa shape index (κ3) is 3.21. The van der Waals surface area contributed by atoms with Crippen LogP contribution in [0.25, 0.3) is 0 Å². The quantitative estimate of drug-likeness (QED) is 0.504. The summed E-state index contributed by atoms with van der Waals surface area (Å²) in [6, 6.07) is 3.41. The fraction of sp³-hybridized carbons (Fsp3) is 0.364. The first kappa shape index (κ1) is 13.0. The summed E-state index contributed by atoms with van der Waals surface area (Å²) in [5, 5.41) is 8.57. The number of benzene rings is 1. The summed E-state index contributed by atoms with van der Waals surface area (Å²) >= 11 is 3.27. The molecular formula is C11H14BrNO3. The van der Waals surface area contributed by atoms with Crippen LogP contribution in [-0.2, 0) is 4.74 Å². The summed E-state index contributed by atoms with van der Waals surface area (Å²) in [7, 11) is 0. The van der Waals surface area contributed by atoms with E-state index in [9.17, 15) is 4.79 Å². The SMILES string of the molecule is Cc1c(N)cc(Br)cc1C(=O)OCCCO. The Kier molecular flexibility index (Phi) is 4.76. The van der Waals surface area contributed by atoms with E-state index >= 15 is 0 Å². The van der Waals surface area contributed by atoms with E-state index in [1.54, 1.807) is 19.1 Å². The van der Waals surface area contributed by atoms with Gasteiger partial charge in [-0.2, -0.15) is 0 Å². The topological polar surface area (TPSA) is 72.6 Å². The first-order valence-electron chi connectivity index (χ1n) is 4.90. The second-order valence-electron chi connectivity index (χ2n) is 3.38. The van der Waals surface area contributed by atoms with Crippen molar-refractivity contribution < 1.29 is 14.6 Å². The third-order valence-electron chi connectivity index (χ3n) is 2.17. The van der Waals surface area contributed by atoms with Crippen molar-refractivity contribution in [2.24, 2.45) is 0 Å². The Labute approximate surface area is 103 Å². The fourth-order valence-corrected chi connectivity index (χ4v) is 1.69. The molecule has 1 aromatic carbocycles. The lowest BCUT2D eigenvalue weighted by molar-refractivity contribution is 0.0481. The number of hydrogen-bond acceptors (Lipinski definition) is 4. The van der Waals surface area contributed by atoms with Crippen molar-refractivity contribution >= 4 is 27.6 Å². The zero-order valence-corrected chi connectivity index (χ0v) is 10.6. The first-order valence-corrected chi connectivity index (χ1v) is 5.69. The summed E-state index contributed by atoms with van der Waals surface area (Å²) in [4.78, 5) is 11.7. The van der Waals surface area contributed by atoms with Gasteiger partial charge in [0.15, 0.2) is 0 Å². The molecule has 3 N–H and O–H groups in total. The van der Waals surface area contributed by atoms with Crippen LogP contribution in [0.3, 0.4) is 0 Å². The van der Waals surface area contributed by atoms with Crippen molar-refractivity contribution in [2.45, 2.75) is 13.3 Å². The van der Waals surface area contributed by atoms with E-state index in [0.717, 1.165) is 4.47 Å². The molecule has 0 unspecified atom stereocenters. The normalized spacial score (nSPS) is 10.2. The zero-order valence-electron chi connectivity index (χ0n) is 9.00. The van der Waals surface area contributed by atoms with Gasteiger partial charge in [-0.1, -0.05) is 15.9 Å². The molecule has 0 saturated heterocycles. The highest BCUT2D eigenvalue weighted by atomic mass is 79.9. The van der Waals surface area contributed by atoms with Crippen LogP contribution in [0.5, 0.6) is 0 Å². The highest BCUT2D eigenvalue weighted by Gasteiger charge is 2.13. The van der Waals surface area contributed by atoms with Crippen LogP contribution >= 0.6 is 15.9 Å². The molecule has 0 aliphatic carbocycles. The second kappa shape index (κ2) is 5.86. The van der Waals surface area contributed by atoms with Crippen LogP contribution in [0.2, 0.25) is 0 Å². The lowest BCUT2D eigenvalue weighted by Gasteiger charge is -2.09. The maximum atomic E-state index is 11.7. The molecule has 0 bridgehead atoms. The van der Waals surface area contributed by atoms with Crippen molar-refractivity contribution in [3.05, 3.63) is 27.7 Å². The number of nitrogens with two attached hydrogens (primary N) is 1. The minimum Gasteiger partial charge on any atom is -0.462 e. The Bertz CT molecular complexity index is 393. The van der Waals surface area contributed by atoms with Crippen molar-refractivity contribution in [1.82, 2.24) is 0 Å². The number of carbonyl (C=O) groups excluding carboxylic acids is 1. The smallest absolute Gasteiger partial charge is 0.338 e. The highest BCUT2D eigenvalue weighted by molar-refractivity contribution is 9.10. The Morgan fingerprint density at radius 3 is 2.88 bits per heavy atom. The van der Waals surface area contributed by atoms with Crippen molar-refractivity contribution in [3.8, 4) is 0 Å². The number of rotatable bonds is 4. The maximum Gasteiger partial charge on any atom is 0.338 e. The summed E-state index contributed by atoms with van der Waals surface area (Å²) in [6.07, 6.45) is 0.439. The number of nitrogen functional groups attached to an aromatic ring is 1. The molecule has 0 aromatic heterocycles. The Hall–Kier alpha value is -1.07. The van der Waals surface area contributed by atoms with E-state index in [2.05, 4.69) is 15.9 Å². The van der Waals surface area contributed by atoms with Crippen molar-refractivity contribution in [2.75, 3.05) is 18.9 Å². The minimum atomic E-state index is -0.418. The van der Waals surface area contributed by atoms with E-state index in [-0.39, 0.29) is 13.2 Å². The molecule has 5 heteroatoms. The number of aliphatic hydroxyl groups excluding tert-OH is 1. The van der Waals surface area contributed by atoms with Gasteiger partial charge < -0.3 is 15.6 Å².